The first kappa shape index (κ1) is 14.5. The first-order chi connectivity index (χ1) is 8.96. The summed E-state index contributed by atoms with van der Waals surface area (Å²) in [5.41, 5.74) is 0. The monoisotopic (exact) mass is 271 g/mol. The molecule has 1 heterocycles. The van der Waals surface area contributed by atoms with Crippen molar-refractivity contribution in [3.05, 3.63) is 6.07 Å². The molecule has 0 atom stereocenters. The number of aliphatic carboxylic acids is 2. The molecule has 0 fully saturated rings. The minimum Gasteiger partial charge on any atom is -0.481 e. The fourth-order valence-corrected chi connectivity index (χ4v) is 1.27. The molecule has 0 saturated heterocycles. The minimum atomic E-state index is -1.20. The van der Waals surface area contributed by atoms with Gasteiger partial charge in [-0.1, -0.05) is 0 Å². The van der Waals surface area contributed by atoms with Crippen molar-refractivity contribution in [2.75, 3.05) is 32.2 Å². The first-order valence-electron chi connectivity index (χ1n) is 5.12. The number of aromatic nitrogens is 2. The van der Waals surface area contributed by atoms with Crippen LogP contribution in [0.2, 0.25) is 0 Å². The Labute approximate surface area is 108 Å². The molecule has 0 aliphatic carbocycles. The second-order valence-electron chi connectivity index (χ2n) is 3.40. The summed E-state index contributed by atoms with van der Waals surface area (Å²) in [6, 6.07) is 1.39. The van der Waals surface area contributed by atoms with Gasteiger partial charge in [-0.05, 0) is 0 Å². The van der Waals surface area contributed by atoms with Crippen molar-refractivity contribution in [3.8, 4) is 11.8 Å². The summed E-state index contributed by atoms with van der Waals surface area (Å²) < 4.78 is 9.81. The van der Waals surface area contributed by atoms with Gasteiger partial charge in [0, 0.05) is 0 Å². The molecule has 9 heteroatoms. The molecule has 0 spiro atoms. The molecule has 0 aliphatic heterocycles. The molecule has 1 aromatic heterocycles. The van der Waals surface area contributed by atoms with Gasteiger partial charge in [0.25, 0.3) is 0 Å². The van der Waals surface area contributed by atoms with E-state index in [9.17, 15) is 9.59 Å². The van der Waals surface area contributed by atoms with Crippen molar-refractivity contribution in [2.45, 2.75) is 0 Å². The van der Waals surface area contributed by atoms with E-state index in [4.69, 9.17) is 19.7 Å². The van der Waals surface area contributed by atoms with Crippen molar-refractivity contribution in [2.24, 2.45) is 0 Å². The molecule has 104 valence electrons. The fraction of sp³-hybridized carbons (Fsp3) is 0.400. The smallest absolute Gasteiger partial charge is 0.323 e. The molecule has 0 bridgehead atoms. The van der Waals surface area contributed by atoms with E-state index in [2.05, 4.69) is 9.97 Å². The number of rotatable bonds is 7. The first-order valence-corrected chi connectivity index (χ1v) is 5.12. The number of methoxy groups -OCH3 is 2. The van der Waals surface area contributed by atoms with Gasteiger partial charge in [-0.2, -0.15) is 9.97 Å². The molecule has 0 unspecified atom stereocenters. The Morgan fingerprint density at radius 1 is 1.11 bits per heavy atom. The number of nitrogens with zero attached hydrogens (tertiary/aromatic N) is 3. The summed E-state index contributed by atoms with van der Waals surface area (Å²) in [5.74, 6) is -2.22. The van der Waals surface area contributed by atoms with Crippen LogP contribution in [0, 0.1) is 0 Å². The second kappa shape index (κ2) is 6.38. The maximum absolute atomic E-state index is 10.7. The van der Waals surface area contributed by atoms with E-state index < -0.39 is 25.0 Å². The van der Waals surface area contributed by atoms with Crippen LogP contribution in [-0.2, 0) is 9.59 Å². The summed E-state index contributed by atoms with van der Waals surface area (Å²) in [7, 11) is 2.73. The predicted molar refractivity (Wildman–Crippen MR) is 62.6 cm³/mol. The Kier molecular flexibility index (Phi) is 4.86. The molecule has 0 aromatic carbocycles. The number of hydrogen-bond acceptors (Lipinski definition) is 7. The zero-order chi connectivity index (χ0) is 14.4. The van der Waals surface area contributed by atoms with Crippen LogP contribution >= 0.6 is 0 Å². The lowest BCUT2D eigenvalue weighted by atomic mass is 10.4. The zero-order valence-corrected chi connectivity index (χ0v) is 10.4. The van der Waals surface area contributed by atoms with Crippen molar-refractivity contribution in [3.63, 3.8) is 0 Å². The third-order valence-corrected chi connectivity index (χ3v) is 2.02. The Hall–Kier alpha value is -2.58. The predicted octanol–water partition coefficient (Wildman–Crippen LogP) is -0.531. The van der Waals surface area contributed by atoms with Crippen LogP contribution in [0.1, 0.15) is 0 Å². The molecule has 2 N–H and O–H groups in total. The summed E-state index contributed by atoms with van der Waals surface area (Å²) in [5, 5.41) is 17.5. The molecule has 0 aliphatic rings. The van der Waals surface area contributed by atoms with Crippen LogP contribution < -0.4 is 14.4 Å². The molecular weight excluding hydrogens is 258 g/mol. The molecule has 0 radical (unpaired) electrons. The van der Waals surface area contributed by atoms with E-state index in [-0.39, 0.29) is 17.7 Å². The van der Waals surface area contributed by atoms with Gasteiger partial charge in [-0.15, -0.1) is 0 Å². The molecular formula is C10H13N3O6. The van der Waals surface area contributed by atoms with Crippen LogP contribution in [0.4, 0.5) is 5.95 Å². The lowest BCUT2D eigenvalue weighted by Gasteiger charge is -2.19. The number of carboxylic acid groups (broad SMARTS) is 2. The molecule has 1 rings (SSSR count). The summed E-state index contributed by atoms with van der Waals surface area (Å²) >= 11 is 0. The van der Waals surface area contributed by atoms with Gasteiger partial charge in [0.15, 0.2) is 0 Å². The normalized spacial score (nSPS) is 9.79. The number of anilines is 1. The average molecular weight is 271 g/mol. The Morgan fingerprint density at radius 3 is 1.84 bits per heavy atom. The highest BCUT2D eigenvalue weighted by Crippen LogP contribution is 2.19. The third-order valence-electron chi connectivity index (χ3n) is 2.02. The van der Waals surface area contributed by atoms with Crippen LogP contribution in [0.25, 0.3) is 0 Å². The van der Waals surface area contributed by atoms with Crippen molar-refractivity contribution >= 4 is 17.9 Å². The van der Waals surface area contributed by atoms with Crippen molar-refractivity contribution in [1.29, 1.82) is 0 Å². The van der Waals surface area contributed by atoms with Crippen LogP contribution in [0.3, 0.4) is 0 Å². The Balaban J connectivity index is 3.12. The van der Waals surface area contributed by atoms with Gasteiger partial charge in [0.1, 0.15) is 13.1 Å². The quantitative estimate of drug-likeness (QED) is 0.673. The van der Waals surface area contributed by atoms with Crippen LogP contribution in [0.15, 0.2) is 6.07 Å². The molecule has 9 nitrogen and oxygen atoms in total. The highest BCUT2D eigenvalue weighted by Gasteiger charge is 2.18. The van der Waals surface area contributed by atoms with Gasteiger partial charge in [-0.3, -0.25) is 9.59 Å². The molecule has 0 amide bonds. The number of carboxylic acids is 2. The lowest BCUT2D eigenvalue weighted by Crippen LogP contribution is -2.35. The summed E-state index contributed by atoms with van der Waals surface area (Å²) in [4.78, 5) is 30.2. The summed E-state index contributed by atoms with van der Waals surface area (Å²) in [6.45, 7) is -1.11. The van der Waals surface area contributed by atoms with E-state index >= 15 is 0 Å². The van der Waals surface area contributed by atoms with Crippen LogP contribution in [-0.4, -0.2) is 59.4 Å². The van der Waals surface area contributed by atoms with Gasteiger partial charge in [0.05, 0.1) is 20.3 Å². The van der Waals surface area contributed by atoms with Gasteiger partial charge >= 0.3 is 11.9 Å². The molecule has 0 saturated carbocycles. The van der Waals surface area contributed by atoms with Crippen LogP contribution in [0.5, 0.6) is 11.8 Å². The van der Waals surface area contributed by atoms with E-state index in [1.807, 2.05) is 0 Å². The van der Waals surface area contributed by atoms with E-state index in [0.29, 0.717) is 0 Å². The Bertz CT molecular complexity index is 440. The maximum atomic E-state index is 10.7. The SMILES string of the molecule is COc1cc(OC)nc(N(CC(=O)O)CC(=O)O)n1. The molecule has 19 heavy (non-hydrogen) atoms. The number of carbonyl (C=O) groups is 2. The van der Waals surface area contributed by atoms with Gasteiger partial charge in [0.2, 0.25) is 17.7 Å². The zero-order valence-electron chi connectivity index (χ0n) is 10.4. The standard InChI is InChI=1S/C10H13N3O6/c1-18-6-3-7(19-2)12-10(11-6)13(4-8(14)15)5-9(16)17/h3H,4-5H2,1-2H3,(H,14,15)(H,16,17). The second-order valence-corrected chi connectivity index (χ2v) is 3.40. The molecule has 1 aromatic rings. The summed E-state index contributed by atoms with van der Waals surface area (Å²) in [6.07, 6.45) is 0. The average Bonchev–Trinajstić information content (AvgIpc) is 2.36. The van der Waals surface area contributed by atoms with Crippen molar-refractivity contribution in [1.82, 2.24) is 9.97 Å². The van der Waals surface area contributed by atoms with E-state index in [1.54, 1.807) is 0 Å². The number of hydrogen-bond donors (Lipinski definition) is 2. The highest BCUT2D eigenvalue weighted by atomic mass is 16.5. The minimum absolute atomic E-state index is 0.0963. The van der Waals surface area contributed by atoms with E-state index in [0.717, 1.165) is 4.90 Å². The fourth-order valence-electron chi connectivity index (χ4n) is 1.27. The highest BCUT2D eigenvalue weighted by molar-refractivity contribution is 5.78. The van der Waals surface area contributed by atoms with E-state index in [1.165, 1.54) is 20.3 Å². The van der Waals surface area contributed by atoms with Crippen molar-refractivity contribution < 1.29 is 29.3 Å². The maximum Gasteiger partial charge on any atom is 0.323 e. The van der Waals surface area contributed by atoms with Gasteiger partial charge in [-0.25, -0.2) is 0 Å². The lowest BCUT2D eigenvalue weighted by molar-refractivity contribution is -0.136. The topological polar surface area (TPSA) is 122 Å². The Morgan fingerprint density at radius 2 is 1.53 bits per heavy atom. The van der Waals surface area contributed by atoms with Gasteiger partial charge < -0.3 is 24.6 Å². The number of ether oxygens (including phenoxy) is 2. The largest absolute Gasteiger partial charge is 0.481 e. The third kappa shape index (κ3) is 4.30.